The SMILES string of the molecule is CO[C@H]1[C@H](CO)[C@@H](N(CCCCCCCCCN(C2C=C[C@@H](CO)[C@@H](OC)[C@@H]2OC)[C@H]2C=C[C@@H](OC)[C@@H](CO)[C@@H]2CO)[C@H]2C=C[C@@H](OC)[C@@H](OC)[C@@H]2OC)C=C[C@H]1C. The Kier molecular flexibility index (Phi) is 21.5. The van der Waals surface area contributed by atoms with Crippen LogP contribution in [0.25, 0.3) is 0 Å². The van der Waals surface area contributed by atoms with Gasteiger partial charge < -0.3 is 53.6 Å². The lowest BCUT2D eigenvalue weighted by molar-refractivity contribution is -0.128. The lowest BCUT2D eigenvalue weighted by Gasteiger charge is -2.49. The highest BCUT2D eigenvalue weighted by Gasteiger charge is 2.47. The summed E-state index contributed by atoms with van der Waals surface area (Å²) in [7, 11) is 11.9. The molecule has 0 aromatic heterocycles. The van der Waals surface area contributed by atoms with Crippen LogP contribution in [0, 0.1) is 29.6 Å². The second-order valence-electron chi connectivity index (χ2n) is 16.6. The van der Waals surface area contributed by atoms with Crippen molar-refractivity contribution in [2.45, 2.75) is 119 Å². The van der Waals surface area contributed by atoms with Crippen LogP contribution in [0.1, 0.15) is 51.9 Å². The fraction of sp³-hybridized carbons (Fsp3) is 0.822. The Balaban J connectivity index is 1.40. The van der Waals surface area contributed by atoms with E-state index in [2.05, 4.69) is 53.2 Å². The van der Waals surface area contributed by atoms with Crippen LogP contribution in [0.4, 0.5) is 0 Å². The van der Waals surface area contributed by atoms with Crippen LogP contribution in [-0.2, 0) is 33.2 Å². The van der Waals surface area contributed by atoms with Crippen LogP contribution >= 0.6 is 0 Å². The Labute approximate surface area is 349 Å². The molecule has 4 rings (SSSR count). The van der Waals surface area contributed by atoms with E-state index in [1.54, 1.807) is 49.8 Å². The summed E-state index contributed by atoms with van der Waals surface area (Å²) in [5, 5.41) is 41.8. The molecule has 0 aliphatic heterocycles. The second kappa shape index (κ2) is 25.4. The van der Waals surface area contributed by atoms with Gasteiger partial charge in [0.05, 0.1) is 43.6 Å². The quantitative estimate of drug-likeness (QED) is 0.0789. The zero-order valence-corrected chi connectivity index (χ0v) is 36.6. The van der Waals surface area contributed by atoms with Gasteiger partial charge in [0.15, 0.2) is 0 Å². The highest BCUT2D eigenvalue weighted by molar-refractivity contribution is 5.19. The third kappa shape index (κ3) is 11.5. The van der Waals surface area contributed by atoms with Crippen LogP contribution in [0.5, 0.6) is 0 Å². The average Bonchev–Trinajstić information content (AvgIpc) is 3.26. The summed E-state index contributed by atoms with van der Waals surface area (Å²) in [4.78, 5) is 4.88. The summed E-state index contributed by atoms with van der Waals surface area (Å²) in [5.74, 6) is -0.524. The minimum atomic E-state index is -0.323. The molecule has 4 aliphatic carbocycles. The van der Waals surface area contributed by atoms with Gasteiger partial charge in [0.25, 0.3) is 0 Å². The maximum absolute atomic E-state index is 10.7. The lowest BCUT2D eigenvalue weighted by atomic mass is 9.76. The topological polar surface area (TPSA) is 152 Å². The van der Waals surface area contributed by atoms with Gasteiger partial charge in [-0.1, -0.05) is 87.6 Å². The monoisotopic (exact) mass is 823 g/mol. The molecule has 0 fully saturated rings. The van der Waals surface area contributed by atoms with Crippen molar-refractivity contribution in [2.75, 3.05) is 89.3 Å². The molecule has 0 radical (unpaired) electrons. The minimum absolute atomic E-state index is 0.0270. The van der Waals surface area contributed by atoms with E-state index in [0.29, 0.717) is 0 Å². The first kappa shape index (κ1) is 49.1. The van der Waals surface area contributed by atoms with Crippen LogP contribution in [0.2, 0.25) is 0 Å². The molecule has 58 heavy (non-hydrogen) atoms. The maximum atomic E-state index is 10.7. The molecule has 1 unspecified atom stereocenters. The zero-order valence-electron chi connectivity index (χ0n) is 36.6. The van der Waals surface area contributed by atoms with Gasteiger partial charge in [-0.25, -0.2) is 0 Å². The number of hydrogen-bond acceptors (Lipinski definition) is 13. The molecule has 13 nitrogen and oxygen atoms in total. The van der Waals surface area contributed by atoms with Crippen molar-refractivity contribution in [1.82, 2.24) is 9.80 Å². The molecule has 13 heteroatoms. The smallest absolute Gasteiger partial charge is 0.115 e. The van der Waals surface area contributed by atoms with Gasteiger partial charge in [-0.05, 0) is 25.9 Å². The minimum Gasteiger partial charge on any atom is -0.396 e. The van der Waals surface area contributed by atoms with Gasteiger partial charge in [0, 0.05) is 105 Å². The van der Waals surface area contributed by atoms with Crippen LogP contribution in [-0.4, -0.2) is 186 Å². The molecule has 0 heterocycles. The molecular weight excluding hydrogens is 744 g/mol. The van der Waals surface area contributed by atoms with E-state index < -0.39 is 0 Å². The number of rotatable bonds is 25. The van der Waals surface area contributed by atoms with Gasteiger partial charge in [-0.15, -0.1) is 0 Å². The molecular formula is C45H78N2O11. The van der Waals surface area contributed by atoms with Crippen molar-refractivity contribution in [3.05, 3.63) is 48.6 Å². The molecule has 0 bridgehead atoms. The molecule has 0 spiro atoms. The molecule has 0 aromatic carbocycles. The molecule has 0 saturated carbocycles. The van der Waals surface area contributed by atoms with E-state index in [1.807, 2.05) is 12.2 Å². The summed E-state index contributed by atoms with van der Waals surface area (Å²) in [6.45, 7) is 3.58. The number of aliphatic hydroxyl groups is 4. The highest BCUT2D eigenvalue weighted by Crippen LogP contribution is 2.37. The molecule has 0 saturated heterocycles. The van der Waals surface area contributed by atoms with E-state index in [9.17, 15) is 20.4 Å². The standard InChI is InChI=1S/C45H78N2O11/c1-30-16-18-36(34(29-51)41(30)54-4)47(38-21-23-40(53-3)45(58-8)44(38)57-7)25-15-13-11-9-10-12-14-24-46(35-20-22-39(52-2)33(28-50)32(35)27-49)37-19-17-31(26-48)42(55-5)43(37)56-6/h16-23,30-45,48-51H,9-15,24-29H2,1-8H3/t30-,31+,32+,33+,34-,35+,36+,37?,38+,39-,40-,41-,42-,43-,44-,45-/m1/s1. The Morgan fingerprint density at radius 2 is 0.810 bits per heavy atom. The van der Waals surface area contributed by atoms with Crippen molar-refractivity contribution in [2.24, 2.45) is 29.6 Å². The molecule has 334 valence electrons. The molecule has 4 N–H and O–H groups in total. The van der Waals surface area contributed by atoms with E-state index in [1.165, 1.54) is 0 Å². The van der Waals surface area contributed by atoms with Gasteiger partial charge in [-0.3, -0.25) is 9.80 Å². The Hall–Kier alpha value is -1.56. The molecule has 0 amide bonds. The first-order chi connectivity index (χ1) is 28.3. The number of hydrogen-bond donors (Lipinski definition) is 4. The summed E-state index contributed by atoms with van der Waals surface area (Å²) in [5.41, 5.74) is 0. The van der Waals surface area contributed by atoms with Crippen LogP contribution in [0.3, 0.4) is 0 Å². The first-order valence-corrected chi connectivity index (χ1v) is 21.6. The molecule has 4 aliphatic rings. The zero-order chi connectivity index (χ0) is 42.2. The van der Waals surface area contributed by atoms with Gasteiger partial charge >= 0.3 is 0 Å². The Morgan fingerprint density at radius 3 is 1.29 bits per heavy atom. The van der Waals surface area contributed by atoms with Gasteiger partial charge in [0.1, 0.15) is 24.4 Å². The van der Waals surface area contributed by atoms with Gasteiger partial charge in [-0.2, -0.15) is 0 Å². The van der Waals surface area contributed by atoms with Crippen molar-refractivity contribution >= 4 is 0 Å². The molecule has 0 aromatic rings. The second-order valence-corrected chi connectivity index (χ2v) is 16.6. The van der Waals surface area contributed by atoms with Crippen LogP contribution < -0.4 is 0 Å². The Morgan fingerprint density at radius 1 is 0.379 bits per heavy atom. The number of unbranched alkanes of at least 4 members (excludes halogenated alkanes) is 6. The summed E-state index contributed by atoms with van der Waals surface area (Å²) < 4.78 is 41.4. The number of ether oxygens (including phenoxy) is 7. The number of aliphatic hydroxyl groups excluding tert-OH is 4. The van der Waals surface area contributed by atoms with E-state index in [4.69, 9.17) is 33.2 Å². The number of methoxy groups -OCH3 is 7. The summed E-state index contributed by atoms with van der Waals surface area (Å²) in [6, 6.07) is -0.385. The normalized spacial score (nSPS) is 37.7. The first-order valence-electron chi connectivity index (χ1n) is 21.6. The van der Waals surface area contributed by atoms with Crippen LogP contribution in [0.15, 0.2) is 48.6 Å². The van der Waals surface area contributed by atoms with Crippen molar-refractivity contribution in [1.29, 1.82) is 0 Å². The average molecular weight is 823 g/mol. The predicted octanol–water partition coefficient (Wildman–Crippen LogP) is 3.25. The fourth-order valence-electron chi connectivity index (χ4n) is 10.5. The van der Waals surface area contributed by atoms with E-state index >= 15 is 0 Å². The van der Waals surface area contributed by atoms with Crippen molar-refractivity contribution in [3.8, 4) is 0 Å². The fourth-order valence-corrected chi connectivity index (χ4v) is 10.5. The highest BCUT2D eigenvalue weighted by atomic mass is 16.6. The maximum Gasteiger partial charge on any atom is 0.115 e. The lowest BCUT2D eigenvalue weighted by Crippen LogP contribution is -2.60. The Bertz CT molecular complexity index is 1230. The van der Waals surface area contributed by atoms with E-state index in [-0.39, 0.29) is 123 Å². The van der Waals surface area contributed by atoms with E-state index in [0.717, 1.165) is 58.0 Å². The van der Waals surface area contributed by atoms with Crippen molar-refractivity contribution < 1.29 is 53.6 Å². The van der Waals surface area contributed by atoms with Crippen molar-refractivity contribution in [3.63, 3.8) is 0 Å². The van der Waals surface area contributed by atoms with Gasteiger partial charge in [0.2, 0.25) is 0 Å². The largest absolute Gasteiger partial charge is 0.396 e. The third-order valence-corrected chi connectivity index (χ3v) is 13.6. The summed E-state index contributed by atoms with van der Waals surface area (Å²) in [6.07, 6.45) is 22.7. The molecule has 16 atom stereocenters. The number of nitrogens with zero attached hydrogens (tertiary/aromatic N) is 2. The third-order valence-electron chi connectivity index (χ3n) is 13.6. The predicted molar refractivity (Wildman–Crippen MR) is 224 cm³/mol. The summed E-state index contributed by atoms with van der Waals surface area (Å²) >= 11 is 0.